The van der Waals surface area contributed by atoms with Crippen LogP contribution in [-0.2, 0) is 13.7 Å². The van der Waals surface area contributed by atoms with Crippen LogP contribution >= 0.6 is 11.6 Å². The standard InChI is InChI=1S/C21H24ClN3O3/c1-12(2)14-6-7-18(27-5)15(9-14)16-10-17(22)13(3)8-19(16)28-11-20-23-24-21(26)25(20)4/h6-10,12H,11H2,1-5H3,(H,24,26). The van der Waals surface area contributed by atoms with E-state index in [0.717, 1.165) is 22.4 Å². The Morgan fingerprint density at radius 3 is 2.50 bits per heavy atom. The van der Waals surface area contributed by atoms with Crippen molar-refractivity contribution in [3.8, 4) is 22.6 Å². The third-order valence-corrected chi connectivity index (χ3v) is 5.18. The lowest BCUT2D eigenvalue weighted by molar-refractivity contribution is 0.292. The summed E-state index contributed by atoms with van der Waals surface area (Å²) in [6, 6.07) is 9.89. The molecule has 1 heterocycles. The van der Waals surface area contributed by atoms with E-state index in [9.17, 15) is 4.79 Å². The molecule has 28 heavy (non-hydrogen) atoms. The molecule has 3 aromatic rings. The molecule has 0 spiro atoms. The fourth-order valence-corrected chi connectivity index (χ4v) is 3.09. The molecule has 1 aromatic heterocycles. The summed E-state index contributed by atoms with van der Waals surface area (Å²) in [4.78, 5) is 11.6. The molecule has 0 aliphatic carbocycles. The van der Waals surface area contributed by atoms with Gasteiger partial charge in [0.05, 0.1) is 7.11 Å². The van der Waals surface area contributed by atoms with Crippen molar-refractivity contribution in [3.63, 3.8) is 0 Å². The lowest BCUT2D eigenvalue weighted by Gasteiger charge is -2.17. The van der Waals surface area contributed by atoms with Crippen molar-refractivity contribution in [1.29, 1.82) is 0 Å². The van der Waals surface area contributed by atoms with E-state index in [1.165, 1.54) is 10.1 Å². The molecule has 0 bridgehead atoms. The molecule has 0 saturated carbocycles. The van der Waals surface area contributed by atoms with Crippen LogP contribution < -0.4 is 15.2 Å². The molecule has 0 aliphatic heterocycles. The average Bonchev–Trinajstić information content (AvgIpc) is 3.00. The second-order valence-electron chi connectivity index (χ2n) is 7.00. The Balaban J connectivity index is 2.08. The maximum absolute atomic E-state index is 11.6. The predicted octanol–water partition coefficient (Wildman–Crippen LogP) is 4.45. The molecular weight excluding hydrogens is 378 g/mol. The van der Waals surface area contributed by atoms with Crippen LogP contribution in [0.2, 0.25) is 5.02 Å². The lowest BCUT2D eigenvalue weighted by atomic mass is 9.95. The Hall–Kier alpha value is -2.73. The monoisotopic (exact) mass is 401 g/mol. The van der Waals surface area contributed by atoms with Gasteiger partial charge in [0.2, 0.25) is 0 Å². The van der Waals surface area contributed by atoms with Crippen LogP contribution in [0.3, 0.4) is 0 Å². The van der Waals surface area contributed by atoms with Crippen molar-refractivity contribution in [2.75, 3.05) is 7.11 Å². The first kappa shape index (κ1) is 20.0. The average molecular weight is 402 g/mol. The number of benzene rings is 2. The number of aromatic amines is 1. The van der Waals surface area contributed by atoms with E-state index in [0.29, 0.717) is 22.5 Å². The van der Waals surface area contributed by atoms with Crippen LogP contribution in [0.25, 0.3) is 11.1 Å². The van der Waals surface area contributed by atoms with Crippen LogP contribution in [0.1, 0.15) is 36.7 Å². The van der Waals surface area contributed by atoms with Gasteiger partial charge in [0.1, 0.15) is 18.1 Å². The van der Waals surface area contributed by atoms with E-state index in [1.807, 2.05) is 25.1 Å². The number of hydrogen-bond donors (Lipinski definition) is 1. The molecule has 1 N–H and O–H groups in total. The van der Waals surface area contributed by atoms with E-state index in [4.69, 9.17) is 21.1 Å². The second kappa shape index (κ2) is 8.10. The zero-order chi connectivity index (χ0) is 20.4. The van der Waals surface area contributed by atoms with E-state index in [-0.39, 0.29) is 12.3 Å². The molecule has 148 valence electrons. The van der Waals surface area contributed by atoms with Crippen LogP contribution in [0.5, 0.6) is 11.5 Å². The third-order valence-electron chi connectivity index (χ3n) is 4.77. The smallest absolute Gasteiger partial charge is 0.343 e. The molecule has 0 aliphatic rings. The van der Waals surface area contributed by atoms with Gasteiger partial charge >= 0.3 is 5.69 Å². The van der Waals surface area contributed by atoms with Gasteiger partial charge in [0, 0.05) is 23.2 Å². The first-order chi connectivity index (χ1) is 13.3. The van der Waals surface area contributed by atoms with Gasteiger partial charge in [-0.1, -0.05) is 31.5 Å². The summed E-state index contributed by atoms with van der Waals surface area (Å²) in [6.07, 6.45) is 0. The molecule has 0 atom stereocenters. The zero-order valence-corrected chi connectivity index (χ0v) is 17.4. The van der Waals surface area contributed by atoms with Crippen LogP contribution in [0, 0.1) is 6.92 Å². The topological polar surface area (TPSA) is 69.1 Å². The Bertz CT molecular complexity index is 1050. The summed E-state index contributed by atoms with van der Waals surface area (Å²) in [5.74, 6) is 2.26. The minimum absolute atomic E-state index is 0.148. The van der Waals surface area contributed by atoms with Gasteiger partial charge in [0.25, 0.3) is 0 Å². The molecular formula is C21H24ClN3O3. The Morgan fingerprint density at radius 2 is 1.89 bits per heavy atom. The number of aromatic nitrogens is 3. The van der Waals surface area contributed by atoms with Crippen molar-refractivity contribution in [3.05, 3.63) is 62.8 Å². The summed E-state index contributed by atoms with van der Waals surface area (Å²) < 4.78 is 13.1. The lowest BCUT2D eigenvalue weighted by Crippen LogP contribution is -2.15. The summed E-state index contributed by atoms with van der Waals surface area (Å²) in [5.41, 5.74) is 3.54. The quantitative estimate of drug-likeness (QED) is 0.662. The molecule has 3 rings (SSSR count). The van der Waals surface area contributed by atoms with E-state index in [2.05, 4.69) is 36.2 Å². The highest BCUT2D eigenvalue weighted by Crippen LogP contribution is 2.41. The highest BCUT2D eigenvalue weighted by molar-refractivity contribution is 6.31. The molecule has 0 radical (unpaired) electrons. The largest absolute Gasteiger partial charge is 0.496 e. The molecule has 7 heteroatoms. The van der Waals surface area contributed by atoms with Crippen LogP contribution in [0.4, 0.5) is 0 Å². The van der Waals surface area contributed by atoms with Crippen LogP contribution in [-0.4, -0.2) is 21.9 Å². The van der Waals surface area contributed by atoms with Crippen LogP contribution in [0.15, 0.2) is 35.1 Å². The van der Waals surface area contributed by atoms with Gasteiger partial charge in [0.15, 0.2) is 5.82 Å². The highest BCUT2D eigenvalue weighted by atomic mass is 35.5. The van der Waals surface area contributed by atoms with E-state index in [1.54, 1.807) is 14.2 Å². The fourth-order valence-electron chi connectivity index (χ4n) is 2.93. The van der Waals surface area contributed by atoms with Gasteiger partial charge in [-0.3, -0.25) is 4.57 Å². The van der Waals surface area contributed by atoms with E-state index < -0.39 is 0 Å². The van der Waals surface area contributed by atoms with Gasteiger partial charge < -0.3 is 9.47 Å². The summed E-state index contributed by atoms with van der Waals surface area (Å²) >= 11 is 6.42. The second-order valence-corrected chi connectivity index (χ2v) is 7.41. The van der Waals surface area contributed by atoms with Gasteiger partial charge in [-0.15, -0.1) is 0 Å². The summed E-state index contributed by atoms with van der Waals surface area (Å²) in [7, 11) is 3.29. The zero-order valence-electron chi connectivity index (χ0n) is 16.7. The first-order valence-electron chi connectivity index (χ1n) is 9.03. The molecule has 0 saturated heterocycles. The molecule has 0 amide bonds. The van der Waals surface area contributed by atoms with Crippen molar-refractivity contribution >= 4 is 11.6 Å². The van der Waals surface area contributed by atoms with Gasteiger partial charge in [-0.05, 0) is 48.2 Å². The normalized spacial score (nSPS) is 11.1. The Kier molecular flexibility index (Phi) is 5.79. The molecule has 0 unspecified atom stereocenters. The SMILES string of the molecule is COc1ccc(C(C)C)cc1-c1cc(Cl)c(C)cc1OCc1n[nH]c(=O)n1C. The van der Waals surface area contributed by atoms with Crippen molar-refractivity contribution in [2.45, 2.75) is 33.3 Å². The molecule has 6 nitrogen and oxygen atoms in total. The van der Waals surface area contributed by atoms with Crippen molar-refractivity contribution < 1.29 is 9.47 Å². The number of rotatable bonds is 6. The number of hydrogen-bond acceptors (Lipinski definition) is 4. The molecule has 0 fully saturated rings. The minimum atomic E-state index is -0.280. The predicted molar refractivity (Wildman–Crippen MR) is 110 cm³/mol. The summed E-state index contributed by atoms with van der Waals surface area (Å²) in [5, 5.41) is 7.05. The summed E-state index contributed by atoms with van der Waals surface area (Å²) in [6.45, 7) is 6.35. The van der Waals surface area contributed by atoms with Crippen molar-refractivity contribution in [1.82, 2.24) is 14.8 Å². The number of nitrogens with one attached hydrogen (secondary N) is 1. The number of H-pyrrole nitrogens is 1. The van der Waals surface area contributed by atoms with E-state index >= 15 is 0 Å². The first-order valence-corrected chi connectivity index (χ1v) is 9.41. The number of halogens is 1. The Morgan fingerprint density at radius 1 is 1.18 bits per heavy atom. The number of nitrogens with zero attached hydrogens (tertiary/aromatic N) is 2. The number of methoxy groups -OCH3 is 1. The maximum atomic E-state index is 11.6. The fraction of sp³-hybridized carbons (Fsp3) is 0.333. The maximum Gasteiger partial charge on any atom is 0.343 e. The number of aryl methyl sites for hydroxylation is 1. The third kappa shape index (κ3) is 3.92. The van der Waals surface area contributed by atoms with Gasteiger partial charge in [-0.2, -0.15) is 5.10 Å². The highest BCUT2D eigenvalue weighted by Gasteiger charge is 2.17. The van der Waals surface area contributed by atoms with Gasteiger partial charge in [-0.25, -0.2) is 9.89 Å². The Labute approximate surface area is 169 Å². The van der Waals surface area contributed by atoms with Crippen molar-refractivity contribution in [2.24, 2.45) is 7.05 Å². The molecule has 2 aromatic carbocycles. The minimum Gasteiger partial charge on any atom is -0.496 e. The number of ether oxygens (including phenoxy) is 2.